The van der Waals surface area contributed by atoms with Crippen LogP contribution in [0.15, 0.2) is 30.5 Å². The normalized spacial score (nSPS) is 23.4. The maximum absolute atomic E-state index is 13.6. The summed E-state index contributed by atoms with van der Waals surface area (Å²) in [4.78, 5) is 19.3. The Hall–Kier alpha value is -3.27. The molecule has 4 rings (SSSR count). The first-order valence-corrected chi connectivity index (χ1v) is 12.7. The molecule has 7 nitrogen and oxygen atoms in total. The van der Waals surface area contributed by atoms with E-state index in [9.17, 15) is 44.3 Å². The molecule has 0 spiro atoms. The van der Waals surface area contributed by atoms with E-state index in [0.717, 1.165) is 11.0 Å². The van der Waals surface area contributed by atoms with Gasteiger partial charge in [0.15, 0.2) is 0 Å². The zero-order valence-electron chi connectivity index (χ0n) is 22.4. The van der Waals surface area contributed by atoms with E-state index < -0.39 is 77.7 Å². The Morgan fingerprint density at radius 3 is 2.10 bits per heavy atom. The van der Waals surface area contributed by atoms with Gasteiger partial charge < -0.3 is 19.1 Å². The first-order valence-electron chi connectivity index (χ1n) is 12.7. The second kappa shape index (κ2) is 11.4. The number of carbonyl (C=O) groups is 1. The van der Waals surface area contributed by atoms with Crippen molar-refractivity contribution in [1.29, 1.82) is 0 Å². The Labute approximate surface area is 234 Å². The average Bonchev–Trinajstić information content (AvgIpc) is 3.46. The van der Waals surface area contributed by atoms with Crippen molar-refractivity contribution in [3.8, 4) is 0 Å². The lowest BCUT2D eigenvalue weighted by atomic mass is 9.97. The van der Waals surface area contributed by atoms with E-state index in [1.54, 1.807) is 18.9 Å². The molecule has 0 bridgehead atoms. The Balaban J connectivity index is 1.70. The topological polar surface area (TPSA) is 64.1 Å². The van der Waals surface area contributed by atoms with E-state index in [-0.39, 0.29) is 30.7 Å². The zero-order valence-corrected chi connectivity index (χ0v) is 22.4. The van der Waals surface area contributed by atoms with Crippen LogP contribution in [0.3, 0.4) is 0 Å². The fourth-order valence-corrected chi connectivity index (χ4v) is 4.99. The first-order chi connectivity index (χ1) is 19.4. The van der Waals surface area contributed by atoms with Crippen molar-refractivity contribution in [2.24, 2.45) is 0 Å². The van der Waals surface area contributed by atoms with Gasteiger partial charge in [-0.15, -0.1) is 0 Å². The number of nitrogens with zero attached hydrogens (tertiary/aromatic N) is 3. The summed E-state index contributed by atoms with van der Waals surface area (Å²) in [5.74, 6) is 0.0464. The van der Waals surface area contributed by atoms with Crippen molar-refractivity contribution in [2.75, 3.05) is 31.8 Å². The number of cyclic esters (lactones) is 1. The molecule has 1 aromatic carbocycles. The largest absolute Gasteiger partial charge is 0.439 e. The van der Waals surface area contributed by atoms with Crippen molar-refractivity contribution < 1.29 is 58.5 Å². The lowest BCUT2D eigenvalue weighted by Gasteiger charge is -2.31. The summed E-state index contributed by atoms with van der Waals surface area (Å²) in [6, 6.07) is 0.0129. The van der Waals surface area contributed by atoms with E-state index in [2.05, 4.69) is 4.98 Å². The van der Waals surface area contributed by atoms with Crippen molar-refractivity contribution in [2.45, 2.75) is 63.2 Å². The molecule has 232 valence electrons. The molecule has 1 aromatic heterocycles. The van der Waals surface area contributed by atoms with Gasteiger partial charge >= 0.3 is 24.6 Å². The number of aromatic nitrogens is 1. The number of amides is 1. The van der Waals surface area contributed by atoms with Crippen LogP contribution in [0.4, 0.5) is 50.1 Å². The number of ether oxygens (including phenoxy) is 3. The highest BCUT2D eigenvalue weighted by Gasteiger charge is 2.44. The molecule has 2 aliphatic heterocycles. The van der Waals surface area contributed by atoms with E-state index >= 15 is 0 Å². The third-order valence-electron chi connectivity index (χ3n) is 7.15. The van der Waals surface area contributed by atoms with Gasteiger partial charge in [0.2, 0.25) is 0 Å². The van der Waals surface area contributed by atoms with Crippen LogP contribution in [0, 0.1) is 0 Å². The number of alkyl halides is 9. The number of rotatable bonds is 7. The highest BCUT2D eigenvalue weighted by molar-refractivity contribution is 5.71. The Morgan fingerprint density at radius 1 is 0.952 bits per heavy atom. The Bertz CT molecular complexity index is 1270. The number of benzene rings is 1. The van der Waals surface area contributed by atoms with Gasteiger partial charge in [-0.2, -0.15) is 39.5 Å². The maximum atomic E-state index is 13.6. The van der Waals surface area contributed by atoms with Gasteiger partial charge in [0.1, 0.15) is 18.0 Å². The summed E-state index contributed by atoms with van der Waals surface area (Å²) < 4.78 is 138. The van der Waals surface area contributed by atoms with Crippen LogP contribution in [0.2, 0.25) is 0 Å². The molecule has 3 heterocycles. The minimum absolute atomic E-state index is 0.0464. The third-order valence-corrected chi connectivity index (χ3v) is 7.15. The minimum Gasteiger partial charge on any atom is -0.439 e. The standard InChI is InChI=1S/C26H26F9N3O4/c1-4-41-20-12-40-11-19(20)37(3)22-15(7-18(9-36-22)26(33,34)35)10-38-13(2)21(42-23(38)39)14-5-16(24(27,28)29)8-17(6-14)25(30,31)32/h5-9,13,19-21H,4,10-12H2,1-3H3/t13?,19-,20+,21+/m1/s1. The van der Waals surface area contributed by atoms with Gasteiger partial charge in [0, 0.05) is 25.4 Å². The highest BCUT2D eigenvalue weighted by atomic mass is 19.4. The molecule has 1 unspecified atom stereocenters. The molecule has 4 atom stereocenters. The van der Waals surface area contributed by atoms with Gasteiger partial charge in [0.05, 0.1) is 48.5 Å². The van der Waals surface area contributed by atoms with Gasteiger partial charge in [-0.1, -0.05) is 0 Å². The smallest absolute Gasteiger partial charge is 0.417 e. The number of anilines is 1. The molecule has 42 heavy (non-hydrogen) atoms. The number of hydrogen-bond acceptors (Lipinski definition) is 6. The summed E-state index contributed by atoms with van der Waals surface area (Å²) in [7, 11) is 1.56. The third kappa shape index (κ3) is 6.53. The van der Waals surface area contributed by atoms with Crippen LogP contribution in [-0.2, 0) is 39.3 Å². The summed E-state index contributed by atoms with van der Waals surface area (Å²) in [5, 5.41) is 0. The quantitative estimate of drug-likeness (QED) is 0.334. The summed E-state index contributed by atoms with van der Waals surface area (Å²) >= 11 is 0. The number of hydrogen-bond donors (Lipinski definition) is 0. The van der Waals surface area contributed by atoms with E-state index in [4.69, 9.17) is 14.2 Å². The molecule has 16 heteroatoms. The van der Waals surface area contributed by atoms with E-state index in [0.29, 0.717) is 24.9 Å². The van der Waals surface area contributed by atoms with Crippen LogP contribution < -0.4 is 4.90 Å². The van der Waals surface area contributed by atoms with Gasteiger partial charge in [-0.25, -0.2) is 9.78 Å². The second-order valence-corrected chi connectivity index (χ2v) is 9.93. The van der Waals surface area contributed by atoms with Crippen molar-refractivity contribution in [3.05, 3.63) is 58.3 Å². The molecule has 0 radical (unpaired) electrons. The predicted molar refractivity (Wildman–Crippen MR) is 128 cm³/mol. The zero-order chi connectivity index (χ0) is 31.2. The van der Waals surface area contributed by atoms with Crippen LogP contribution >= 0.6 is 0 Å². The summed E-state index contributed by atoms with van der Waals surface area (Å²) in [6.45, 7) is 3.28. The Kier molecular flexibility index (Phi) is 8.62. The number of pyridine rings is 1. The maximum Gasteiger partial charge on any atom is 0.417 e. The molecule has 0 N–H and O–H groups in total. The molecule has 0 aliphatic carbocycles. The SMILES string of the molecule is CCO[C@H]1COC[C@H]1N(C)c1ncc(C(F)(F)F)cc1CN1C(=O)O[C@H](c2cc(C(F)(F)F)cc(C(F)(F)F)c2)C1C. The molecule has 0 saturated carbocycles. The molecular weight excluding hydrogens is 589 g/mol. The fourth-order valence-electron chi connectivity index (χ4n) is 4.99. The molecule has 1 amide bonds. The van der Waals surface area contributed by atoms with Gasteiger partial charge in [0.25, 0.3) is 0 Å². The second-order valence-electron chi connectivity index (χ2n) is 9.93. The van der Waals surface area contributed by atoms with Crippen molar-refractivity contribution in [3.63, 3.8) is 0 Å². The minimum atomic E-state index is -5.13. The van der Waals surface area contributed by atoms with E-state index in [1.807, 2.05) is 0 Å². The van der Waals surface area contributed by atoms with Gasteiger partial charge in [-0.3, -0.25) is 4.90 Å². The molecule has 2 aliphatic rings. The van der Waals surface area contributed by atoms with Crippen molar-refractivity contribution in [1.82, 2.24) is 9.88 Å². The monoisotopic (exact) mass is 615 g/mol. The van der Waals surface area contributed by atoms with Crippen LogP contribution in [0.1, 0.15) is 47.8 Å². The van der Waals surface area contributed by atoms with E-state index in [1.165, 1.54) is 6.92 Å². The number of carbonyl (C=O) groups excluding carboxylic acids is 1. The summed E-state index contributed by atoms with van der Waals surface area (Å²) in [6.07, 6.45) is -17.6. The molecular formula is C26H26F9N3O4. The molecule has 2 fully saturated rings. The molecule has 2 aromatic rings. The highest BCUT2D eigenvalue weighted by Crippen LogP contribution is 2.42. The molecule has 2 saturated heterocycles. The van der Waals surface area contributed by atoms with Crippen LogP contribution in [0.5, 0.6) is 0 Å². The fraction of sp³-hybridized carbons (Fsp3) is 0.538. The number of likely N-dealkylation sites (N-methyl/N-ethyl adjacent to an activating group) is 1. The lowest BCUT2D eigenvalue weighted by Crippen LogP contribution is -2.43. The van der Waals surface area contributed by atoms with Crippen LogP contribution in [-0.4, -0.2) is 61.0 Å². The van der Waals surface area contributed by atoms with Gasteiger partial charge in [-0.05, 0) is 43.7 Å². The Morgan fingerprint density at radius 2 is 1.55 bits per heavy atom. The van der Waals surface area contributed by atoms with Crippen LogP contribution in [0.25, 0.3) is 0 Å². The predicted octanol–water partition coefficient (Wildman–Crippen LogP) is 6.46. The first kappa shape index (κ1) is 31.7. The summed E-state index contributed by atoms with van der Waals surface area (Å²) in [5.41, 5.74) is -4.96. The number of halogens is 9. The van der Waals surface area contributed by atoms with Crippen molar-refractivity contribution >= 4 is 11.9 Å². The average molecular weight is 615 g/mol. The lowest BCUT2D eigenvalue weighted by molar-refractivity contribution is -0.143.